The first-order chi connectivity index (χ1) is 15.5. The van der Waals surface area contributed by atoms with Crippen LogP contribution in [0.2, 0.25) is 0 Å². The van der Waals surface area contributed by atoms with Gasteiger partial charge in [-0.15, -0.1) is 11.8 Å². The van der Waals surface area contributed by atoms with Gasteiger partial charge in [-0.3, -0.25) is 0 Å². The molecule has 0 unspecified atom stereocenters. The van der Waals surface area contributed by atoms with Gasteiger partial charge in [0, 0.05) is 11.0 Å². The van der Waals surface area contributed by atoms with Gasteiger partial charge in [-0.2, -0.15) is 0 Å². The third-order valence-corrected chi connectivity index (χ3v) is 7.46. The Kier molecular flexibility index (Phi) is 6.25. The minimum atomic E-state index is -4.05. The molecule has 0 bridgehead atoms. The lowest BCUT2D eigenvalue weighted by Gasteiger charge is -2.13. The van der Waals surface area contributed by atoms with Crippen LogP contribution in [0.3, 0.4) is 0 Å². The fourth-order valence-corrected chi connectivity index (χ4v) is 5.39. The monoisotopic (exact) mass is 466 g/mol. The van der Waals surface area contributed by atoms with Gasteiger partial charge >= 0.3 is 0 Å². The number of hydrogen-bond donors (Lipinski definition) is 0. The summed E-state index contributed by atoms with van der Waals surface area (Å²) in [7, 11) is -1.12. The van der Waals surface area contributed by atoms with Gasteiger partial charge in [-0.1, -0.05) is 30.3 Å². The van der Waals surface area contributed by atoms with Crippen molar-refractivity contribution in [2.75, 3.05) is 20.5 Å². The Labute approximate surface area is 191 Å². The van der Waals surface area contributed by atoms with E-state index in [1.54, 1.807) is 48.2 Å². The SMILES string of the molecule is COc1ccc(OC)c(S(=O)(=O)n2c(/C=C/c3ccc(SC)cc3)nc3ccccc32)c1. The van der Waals surface area contributed by atoms with Crippen molar-refractivity contribution in [1.29, 1.82) is 0 Å². The van der Waals surface area contributed by atoms with E-state index in [9.17, 15) is 8.42 Å². The molecular formula is C24H22N2O4S2. The zero-order chi connectivity index (χ0) is 22.7. The van der Waals surface area contributed by atoms with Gasteiger partial charge in [0.15, 0.2) is 0 Å². The zero-order valence-electron chi connectivity index (χ0n) is 17.8. The molecule has 32 heavy (non-hydrogen) atoms. The summed E-state index contributed by atoms with van der Waals surface area (Å²) in [6.45, 7) is 0. The van der Waals surface area contributed by atoms with Crippen LogP contribution in [0.25, 0.3) is 23.2 Å². The van der Waals surface area contributed by atoms with Gasteiger partial charge in [0.1, 0.15) is 22.2 Å². The first-order valence-electron chi connectivity index (χ1n) is 9.75. The molecule has 0 spiro atoms. The second-order valence-corrected chi connectivity index (χ2v) is 9.49. The molecule has 0 saturated heterocycles. The van der Waals surface area contributed by atoms with E-state index in [4.69, 9.17) is 9.47 Å². The molecule has 1 heterocycles. The Hall–Kier alpha value is -3.23. The van der Waals surface area contributed by atoms with Crippen LogP contribution in [0, 0.1) is 0 Å². The van der Waals surface area contributed by atoms with Crippen LogP contribution >= 0.6 is 11.8 Å². The van der Waals surface area contributed by atoms with E-state index in [0.717, 1.165) is 10.5 Å². The molecule has 3 aromatic carbocycles. The maximum absolute atomic E-state index is 13.8. The molecule has 0 amide bonds. The standard InChI is InChI=1S/C24H22N2O4S2/c1-29-18-11-14-22(30-2)23(16-18)32(27,28)26-21-7-5-4-6-20(21)25-24(26)15-10-17-8-12-19(31-3)13-9-17/h4-16H,1-3H3/b15-10+. The summed E-state index contributed by atoms with van der Waals surface area (Å²) in [6, 6.07) is 19.8. The van der Waals surface area contributed by atoms with Gasteiger partial charge in [0.05, 0.1) is 25.3 Å². The highest BCUT2D eigenvalue weighted by atomic mass is 32.2. The number of rotatable bonds is 7. The van der Waals surface area contributed by atoms with E-state index in [1.165, 1.54) is 24.3 Å². The number of imidazole rings is 1. The van der Waals surface area contributed by atoms with Crippen molar-refractivity contribution >= 4 is 45.0 Å². The Morgan fingerprint density at radius 1 is 0.938 bits per heavy atom. The Bertz CT molecular complexity index is 1390. The fraction of sp³-hybridized carbons (Fsp3) is 0.125. The average Bonchev–Trinajstić information content (AvgIpc) is 3.21. The van der Waals surface area contributed by atoms with Gasteiger partial charge in [-0.25, -0.2) is 17.4 Å². The maximum atomic E-state index is 13.8. The smallest absolute Gasteiger partial charge is 0.273 e. The lowest BCUT2D eigenvalue weighted by atomic mass is 10.2. The lowest BCUT2D eigenvalue weighted by molar-refractivity contribution is 0.392. The lowest BCUT2D eigenvalue weighted by Crippen LogP contribution is -2.15. The largest absolute Gasteiger partial charge is 0.497 e. The first kappa shape index (κ1) is 22.0. The first-order valence-corrected chi connectivity index (χ1v) is 12.4. The number of ether oxygens (including phenoxy) is 2. The van der Waals surface area contributed by atoms with Crippen molar-refractivity contribution in [2.24, 2.45) is 0 Å². The highest BCUT2D eigenvalue weighted by Crippen LogP contribution is 2.32. The minimum Gasteiger partial charge on any atom is -0.497 e. The molecule has 0 fully saturated rings. The summed E-state index contributed by atoms with van der Waals surface area (Å²) in [5.74, 6) is 0.941. The molecule has 0 atom stereocenters. The molecule has 0 aliphatic heterocycles. The zero-order valence-corrected chi connectivity index (χ0v) is 19.5. The molecular weight excluding hydrogens is 444 g/mol. The van der Waals surface area contributed by atoms with Gasteiger partial charge in [0.25, 0.3) is 10.0 Å². The third kappa shape index (κ3) is 4.11. The van der Waals surface area contributed by atoms with Gasteiger partial charge < -0.3 is 9.47 Å². The molecule has 0 aliphatic carbocycles. The molecule has 164 valence electrons. The molecule has 4 rings (SSSR count). The molecule has 0 aliphatic rings. The van der Waals surface area contributed by atoms with Crippen LogP contribution in [0.5, 0.6) is 11.5 Å². The van der Waals surface area contributed by atoms with Crippen molar-refractivity contribution in [1.82, 2.24) is 8.96 Å². The van der Waals surface area contributed by atoms with Crippen LogP contribution in [-0.4, -0.2) is 37.8 Å². The number of methoxy groups -OCH3 is 2. The number of para-hydroxylation sites is 2. The summed E-state index contributed by atoms with van der Waals surface area (Å²) < 4.78 is 39.5. The van der Waals surface area contributed by atoms with Crippen molar-refractivity contribution < 1.29 is 17.9 Å². The molecule has 4 aromatic rings. The molecule has 0 radical (unpaired) electrons. The Balaban J connectivity index is 1.89. The summed E-state index contributed by atoms with van der Waals surface area (Å²) >= 11 is 1.66. The average molecular weight is 467 g/mol. The number of benzene rings is 3. The van der Waals surface area contributed by atoms with E-state index >= 15 is 0 Å². The van der Waals surface area contributed by atoms with Crippen molar-refractivity contribution in [3.63, 3.8) is 0 Å². The molecule has 1 aromatic heterocycles. The van der Waals surface area contributed by atoms with Crippen LogP contribution in [0.15, 0.2) is 76.5 Å². The molecule has 0 N–H and O–H groups in total. The summed E-state index contributed by atoms with van der Waals surface area (Å²) in [5, 5.41) is 0. The van der Waals surface area contributed by atoms with E-state index in [0.29, 0.717) is 22.6 Å². The van der Waals surface area contributed by atoms with E-state index in [-0.39, 0.29) is 10.6 Å². The van der Waals surface area contributed by atoms with Gasteiger partial charge in [-0.05, 0) is 54.3 Å². The van der Waals surface area contributed by atoms with Crippen LogP contribution in [0.1, 0.15) is 11.4 Å². The second kappa shape index (κ2) is 9.10. The van der Waals surface area contributed by atoms with Crippen molar-refractivity contribution in [3.05, 3.63) is 78.1 Å². The number of aromatic nitrogens is 2. The Morgan fingerprint density at radius 2 is 1.69 bits per heavy atom. The molecule has 0 saturated carbocycles. The van der Waals surface area contributed by atoms with Crippen LogP contribution < -0.4 is 9.47 Å². The topological polar surface area (TPSA) is 70.4 Å². The summed E-state index contributed by atoms with van der Waals surface area (Å²) in [6.07, 6.45) is 5.57. The summed E-state index contributed by atoms with van der Waals surface area (Å²) in [5.41, 5.74) is 2.00. The van der Waals surface area contributed by atoms with Crippen LogP contribution in [0.4, 0.5) is 0 Å². The van der Waals surface area contributed by atoms with Gasteiger partial charge in [0.2, 0.25) is 0 Å². The third-order valence-electron chi connectivity index (χ3n) is 4.97. The van der Waals surface area contributed by atoms with Crippen LogP contribution in [-0.2, 0) is 10.0 Å². The highest BCUT2D eigenvalue weighted by Gasteiger charge is 2.27. The normalized spacial score (nSPS) is 11.8. The number of nitrogens with zero attached hydrogens (tertiary/aromatic N) is 2. The second-order valence-electron chi connectivity index (χ2n) is 6.85. The van der Waals surface area contributed by atoms with E-state index in [1.807, 2.05) is 42.7 Å². The van der Waals surface area contributed by atoms with E-state index < -0.39 is 10.0 Å². The van der Waals surface area contributed by atoms with Crippen molar-refractivity contribution in [2.45, 2.75) is 9.79 Å². The minimum absolute atomic E-state index is 0.00137. The van der Waals surface area contributed by atoms with E-state index in [2.05, 4.69) is 4.98 Å². The summed E-state index contributed by atoms with van der Waals surface area (Å²) in [4.78, 5) is 5.73. The number of thioether (sulfide) groups is 1. The molecule has 6 nitrogen and oxygen atoms in total. The maximum Gasteiger partial charge on any atom is 0.273 e. The highest BCUT2D eigenvalue weighted by molar-refractivity contribution is 7.98. The number of hydrogen-bond acceptors (Lipinski definition) is 6. The number of fused-ring (bicyclic) bond motifs is 1. The predicted octanol–water partition coefficient (Wildman–Crippen LogP) is 5.18. The fourth-order valence-electron chi connectivity index (χ4n) is 3.35. The predicted molar refractivity (Wildman–Crippen MR) is 129 cm³/mol. The Morgan fingerprint density at radius 3 is 2.38 bits per heavy atom. The molecule has 8 heteroatoms. The quantitative estimate of drug-likeness (QED) is 0.350. The van der Waals surface area contributed by atoms with Crippen molar-refractivity contribution in [3.8, 4) is 11.5 Å².